The number of anilines is 2. The van der Waals surface area contributed by atoms with Crippen molar-refractivity contribution in [1.82, 2.24) is 0 Å². The van der Waals surface area contributed by atoms with Crippen LogP contribution in [0.4, 0.5) is 11.4 Å². The number of aryl methyl sites for hydroxylation is 2. The molecule has 3 rings (SSSR count). The van der Waals surface area contributed by atoms with E-state index in [0.717, 1.165) is 15.4 Å². The van der Waals surface area contributed by atoms with Crippen LogP contribution in [0.25, 0.3) is 0 Å². The predicted molar refractivity (Wildman–Crippen MR) is 125 cm³/mol. The Balaban J connectivity index is 1.92. The van der Waals surface area contributed by atoms with E-state index in [1.54, 1.807) is 60.7 Å². The molecule has 32 heavy (non-hydrogen) atoms. The van der Waals surface area contributed by atoms with Crippen LogP contribution >= 0.6 is 0 Å². The molecule has 0 saturated heterocycles. The maximum Gasteiger partial charge on any atom is 0.264 e. The van der Waals surface area contributed by atoms with E-state index in [1.807, 2.05) is 19.9 Å². The van der Waals surface area contributed by atoms with Gasteiger partial charge in [-0.1, -0.05) is 29.8 Å². The number of methoxy groups -OCH3 is 2. The summed E-state index contributed by atoms with van der Waals surface area (Å²) >= 11 is 0. The van der Waals surface area contributed by atoms with Gasteiger partial charge in [0.05, 0.1) is 24.8 Å². The van der Waals surface area contributed by atoms with Crippen molar-refractivity contribution in [2.24, 2.45) is 0 Å². The van der Waals surface area contributed by atoms with Crippen molar-refractivity contribution >= 4 is 27.3 Å². The van der Waals surface area contributed by atoms with Crippen molar-refractivity contribution in [3.8, 4) is 11.5 Å². The fraction of sp³-hybridized carbons (Fsp3) is 0.208. The average molecular weight is 455 g/mol. The first kappa shape index (κ1) is 23.1. The molecule has 0 aliphatic rings. The molecule has 0 bridgehead atoms. The van der Waals surface area contributed by atoms with Crippen LogP contribution in [0.5, 0.6) is 11.5 Å². The predicted octanol–water partition coefficient (Wildman–Crippen LogP) is 4.15. The van der Waals surface area contributed by atoms with E-state index in [-0.39, 0.29) is 4.90 Å². The van der Waals surface area contributed by atoms with Crippen LogP contribution in [0.15, 0.2) is 71.6 Å². The molecule has 3 aromatic rings. The summed E-state index contributed by atoms with van der Waals surface area (Å²) in [6.07, 6.45) is 0. The molecule has 3 aromatic carbocycles. The minimum atomic E-state index is -3.97. The lowest BCUT2D eigenvalue weighted by molar-refractivity contribution is -0.114. The Morgan fingerprint density at radius 1 is 0.875 bits per heavy atom. The second kappa shape index (κ2) is 9.74. The van der Waals surface area contributed by atoms with Crippen molar-refractivity contribution in [2.75, 3.05) is 30.4 Å². The van der Waals surface area contributed by atoms with Crippen LogP contribution in [0.3, 0.4) is 0 Å². The summed E-state index contributed by atoms with van der Waals surface area (Å²) in [5.74, 6) is 0.483. The summed E-state index contributed by atoms with van der Waals surface area (Å²) in [5.41, 5.74) is 2.70. The molecule has 0 spiro atoms. The standard InChI is InChI=1S/C24H26N2O5S/c1-17-8-11-21(12-9-17)32(28,29)26(20-7-5-6-18(2)14-20)16-24(27)25-19-10-13-22(30-3)23(15-19)31-4/h5-15H,16H2,1-4H3,(H,25,27). The maximum atomic E-state index is 13.4. The zero-order valence-corrected chi connectivity index (χ0v) is 19.3. The molecule has 8 heteroatoms. The number of carbonyl (C=O) groups is 1. The highest BCUT2D eigenvalue weighted by molar-refractivity contribution is 7.92. The molecule has 1 amide bonds. The highest BCUT2D eigenvalue weighted by Gasteiger charge is 2.27. The molecule has 1 N–H and O–H groups in total. The highest BCUT2D eigenvalue weighted by atomic mass is 32.2. The lowest BCUT2D eigenvalue weighted by Gasteiger charge is -2.24. The van der Waals surface area contributed by atoms with Crippen molar-refractivity contribution in [2.45, 2.75) is 18.7 Å². The maximum absolute atomic E-state index is 13.4. The first-order valence-corrected chi connectivity index (χ1v) is 11.4. The molecule has 0 heterocycles. The summed E-state index contributed by atoms with van der Waals surface area (Å²) in [5, 5.41) is 2.73. The number of rotatable bonds is 8. The highest BCUT2D eigenvalue weighted by Crippen LogP contribution is 2.30. The zero-order chi connectivity index (χ0) is 23.3. The number of carbonyl (C=O) groups excluding carboxylic acids is 1. The number of hydrogen-bond donors (Lipinski definition) is 1. The van der Waals surface area contributed by atoms with Crippen LogP contribution in [0.1, 0.15) is 11.1 Å². The number of sulfonamides is 1. The van der Waals surface area contributed by atoms with Gasteiger partial charge in [0.25, 0.3) is 10.0 Å². The van der Waals surface area contributed by atoms with E-state index in [4.69, 9.17) is 9.47 Å². The minimum Gasteiger partial charge on any atom is -0.493 e. The quantitative estimate of drug-likeness (QED) is 0.553. The van der Waals surface area contributed by atoms with Gasteiger partial charge in [0.1, 0.15) is 6.54 Å². The Bertz CT molecular complexity index is 1210. The van der Waals surface area contributed by atoms with Gasteiger partial charge in [-0.05, 0) is 55.8 Å². The third-order valence-corrected chi connectivity index (χ3v) is 6.64. The zero-order valence-electron chi connectivity index (χ0n) is 18.5. The van der Waals surface area contributed by atoms with Gasteiger partial charge in [-0.25, -0.2) is 8.42 Å². The molecule has 0 aliphatic carbocycles. The molecule has 0 unspecified atom stereocenters. The van der Waals surface area contributed by atoms with Gasteiger partial charge in [-0.3, -0.25) is 9.10 Å². The molecular formula is C24H26N2O5S. The number of nitrogens with zero attached hydrogens (tertiary/aromatic N) is 1. The summed E-state index contributed by atoms with van der Waals surface area (Å²) in [6, 6.07) is 18.5. The lowest BCUT2D eigenvalue weighted by Crippen LogP contribution is -2.38. The van der Waals surface area contributed by atoms with Gasteiger partial charge in [-0.15, -0.1) is 0 Å². The molecule has 0 aliphatic heterocycles. The fourth-order valence-electron chi connectivity index (χ4n) is 3.18. The molecule has 0 radical (unpaired) electrons. The van der Waals surface area contributed by atoms with E-state index < -0.39 is 22.5 Å². The Morgan fingerprint density at radius 2 is 1.56 bits per heavy atom. The van der Waals surface area contributed by atoms with Crippen molar-refractivity contribution in [1.29, 1.82) is 0 Å². The van der Waals surface area contributed by atoms with E-state index in [2.05, 4.69) is 5.32 Å². The third-order valence-electron chi connectivity index (χ3n) is 4.85. The summed E-state index contributed by atoms with van der Waals surface area (Å²) in [6.45, 7) is 3.35. The number of benzene rings is 3. The molecule has 0 atom stereocenters. The molecule has 7 nitrogen and oxygen atoms in total. The van der Waals surface area contributed by atoms with Crippen LogP contribution < -0.4 is 19.1 Å². The summed E-state index contributed by atoms with van der Waals surface area (Å²) < 4.78 is 38.5. The smallest absolute Gasteiger partial charge is 0.264 e. The largest absolute Gasteiger partial charge is 0.493 e. The van der Waals surface area contributed by atoms with Crippen molar-refractivity contribution in [3.63, 3.8) is 0 Å². The summed E-state index contributed by atoms with van der Waals surface area (Å²) in [4.78, 5) is 13.0. The molecule has 0 fully saturated rings. The first-order chi connectivity index (χ1) is 15.2. The third kappa shape index (κ3) is 5.20. The second-order valence-electron chi connectivity index (χ2n) is 7.28. The normalized spacial score (nSPS) is 11.0. The Kier molecular flexibility index (Phi) is 7.05. The monoisotopic (exact) mass is 454 g/mol. The van der Waals surface area contributed by atoms with Crippen LogP contribution in [-0.2, 0) is 14.8 Å². The SMILES string of the molecule is COc1ccc(NC(=O)CN(c2cccc(C)c2)S(=O)(=O)c2ccc(C)cc2)cc1OC. The van der Waals surface area contributed by atoms with E-state index in [9.17, 15) is 13.2 Å². The number of hydrogen-bond acceptors (Lipinski definition) is 5. The number of ether oxygens (including phenoxy) is 2. The van der Waals surface area contributed by atoms with Gasteiger partial charge < -0.3 is 14.8 Å². The van der Waals surface area contributed by atoms with E-state index in [1.165, 1.54) is 14.2 Å². The van der Waals surface area contributed by atoms with Crippen molar-refractivity contribution in [3.05, 3.63) is 77.9 Å². The Labute approximate surface area is 188 Å². The molecule has 0 aromatic heterocycles. The van der Waals surface area contributed by atoms with Gasteiger partial charge in [0.15, 0.2) is 11.5 Å². The van der Waals surface area contributed by atoms with Gasteiger partial charge in [-0.2, -0.15) is 0 Å². The van der Waals surface area contributed by atoms with Crippen molar-refractivity contribution < 1.29 is 22.7 Å². The minimum absolute atomic E-state index is 0.114. The lowest BCUT2D eigenvalue weighted by atomic mass is 10.2. The number of amides is 1. The molecule has 168 valence electrons. The topological polar surface area (TPSA) is 84.9 Å². The van der Waals surface area contributed by atoms with Crippen LogP contribution in [-0.4, -0.2) is 35.1 Å². The summed E-state index contributed by atoms with van der Waals surface area (Å²) in [7, 11) is -0.954. The van der Waals surface area contributed by atoms with Gasteiger partial charge in [0, 0.05) is 11.8 Å². The molecular weight excluding hydrogens is 428 g/mol. The Hall–Kier alpha value is -3.52. The average Bonchev–Trinajstić information content (AvgIpc) is 2.77. The van der Waals surface area contributed by atoms with Gasteiger partial charge in [0.2, 0.25) is 5.91 Å². The van der Waals surface area contributed by atoms with Crippen LogP contribution in [0, 0.1) is 13.8 Å². The number of nitrogens with one attached hydrogen (secondary N) is 1. The van der Waals surface area contributed by atoms with Gasteiger partial charge >= 0.3 is 0 Å². The van der Waals surface area contributed by atoms with E-state index >= 15 is 0 Å². The Morgan fingerprint density at radius 3 is 2.19 bits per heavy atom. The van der Waals surface area contributed by atoms with Crippen LogP contribution in [0.2, 0.25) is 0 Å². The molecule has 0 saturated carbocycles. The van der Waals surface area contributed by atoms with E-state index in [0.29, 0.717) is 22.9 Å². The first-order valence-electron chi connectivity index (χ1n) is 9.92. The second-order valence-corrected chi connectivity index (χ2v) is 9.14. The fourth-order valence-corrected chi connectivity index (χ4v) is 4.59.